The van der Waals surface area contributed by atoms with E-state index < -0.39 is 10.2 Å². The van der Waals surface area contributed by atoms with Gasteiger partial charge in [-0.3, -0.25) is 14.6 Å². The molecule has 0 spiro atoms. The summed E-state index contributed by atoms with van der Waals surface area (Å²) in [6.07, 6.45) is 7.71. The molecule has 0 N–H and O–H groups in total. The van der Waals surface area contributed by atoms with Crippen LogP contribution in [0, 0.1) is 5.92 Å². The highest BCUT2D eigenvalue weighted by molar-refractivity contribution is 7.86. The van der Waals surface area contributed by atoms with Gasteiger partial charge >= 0.3 is 0 Å². The van der Waals surface area contributed by atoms with E-state index in [4.69, 9.17) is 0 Å². The van der Waals surface area contributed by atoms with Gasteiger partial charge in [0.15, 0.2) is 0 Å². The highest BCUT2D eigenvalue weighted by Crippen LogP contribution is 2.27. The standard InChI is InChI=1S/C17H26N6O2S/c1-4-23-16(7-8-20-23)17-15(18-9-10-19-17)12-14-6-5-11-22(13-14)26(24,25)21(2)3/h7-10,14H,4-6,11-13H2,1-3H3/t14-/m0/s1. The van der Waals surface area contributed by atoms with E-state index in [1.54, 1.807) is 37.0 Å². The molecule has 0 saturated carbocycles. The van der Waals surface area contributed by atoms with Gasteiger partial charge in [-0.05, 0) is 38.2 Å². The van der Waals surface area contributed by atoms with Gasteiger partial charge in [0, 0.05) is 52.3 Å². The van der Waals surface area contributed by atoms with Gasteiger partial charge in [0.05, 0.1) is 11.4 Å². The molecule has 0 aromatic carbocycles. The van der Waals surface area contributed by atoms with Crippen LogP contribution < -0.4 is 0 Å². The number of piperidine rings is 1. The highest BCUT2D eigenvalue weighted by Gasteiger charge is 2.31. The first kappa shape index (κ1) is 18.9. The molecule has 8 nitrogen and oxygen atoms in total. The van der Waals surface area contributed by atoms with Crippen molar-refractivity contribution in [3.63, 3.8) is 0 Å². The largest absolute Gasteiger partial charge is 0.281 e. The Labute approximate surface area is 155 Å². The molecule has 0 aliphatic carbocycles. The Morgan fingerprint density at radius 2 is 2.00 bits per heavy atom. The summed E-state index contributed by atoms with van der Waals surface area (Å²) >= 11 is 0. The maximum atomic E-state index is 12.4. The lowest BCUT2D eigenvalue weighted by Crippen LogP contribution is -2.45. The van der Waals surface area contributed by atoms with Gasteiger partial charge in [-0.2, -0.15) is 22.1 Å². The molecule has 0 bridgehead atoms. The highest BCUT2D eigenvalue weighted by atomic mass is 32.2. The Bertz CT molecular complexity index is 848. The van der Waals surface area contributed by atoms with E-state index in [0.29, 0.717) is 19.5 Å². The minimum atomic E-state index is -3.37. The molecule has 142 valence electrons. The third kappa shape index (κ3) is 3.79. The summed E-state index contributed by atoms with van der Waals surface area (Å²) in [5.41, 5.74) is 2.68. The normalized spacial score (nSPS) is 19.2. The van der Waals surface area contributed by atoms with Crippen LogP contribution in [0.2, 0.25) is 0 Å². The third-order valence-corrected chi connectivity index (χ3v) is 6.69. The van der Waals surface area contributed by atoms with Crippen molar-refractivity contribution < 1.29 is 8.42 Å². The smallest absolute Gasteiger partial charge is 0.264 e. The summed E-state index contributed by atoms with van der Waals surface area (Å²) in [6, 6.07) is 1.95. The quantitative estimate of drug-likeness (QED) is 0.759. The van der Waals surface area contributed by atoms with Gasteiger partial charge in [-0.15, -0.1) is 0 Å². The van der Waals surface area contributed by atoms with Crippen LogP contribution in [-0.4, -0.2) is 64.0 Å². The van der Waals surface area contributed by atoms with E-state index in [0.717, 1.165) is 36.5 Å². The number of aromatic nitrogens is 4. The molecule has 2 aromatic heterocycles. The summed E-state index contributed by atoms with van der Waals surface area (Å²) in [5.74, 6) is 0.229. The summed E-state index contributed by atoms with van der Waals surface area (Å²) in [6.45, 7) is 3.89. The summed E-state index contributed by atoms with van der Waals surface area (Å²) in [5, 5.41) is 4.32. The number of hydrogen-bond donors (Lipinski definition) is 0. The fourth-order valence-corrected chi connectivity index (χ4v) is 4.64. The fraction of sp³-hybridized carbons (Fsp3) is 0.588. The Kier molecular flexibility index (Phi) is 5.69. The van der Waals surface area contributed by atoms with E-state index in [9.17, 15) is 8.42 Å². The molecule has 1 fully saturated rings. The second kappa shape index (κ2) is 7.81. The van der Waals surface area contributed by atoms with Crippen molar-refractivity contribution in [1.82, 2.24) is 28.4 Å². The fourth-order valence-electron chi connectivity index (χ4n) is 3.42. The SMILES string of the molecule is CCn1nccc1-c1nccnc1C[C@@H]1CCCN(S(=O)(=O)N(C)C)C1. The number of nitrogens with zero attached hydrogens (tertiary/aromatic N) is 6. The molecule has 0 radical (unpaired) electrons. The third-order valence-electron chi connectivity index (χ3n) is 4.78. The van der Waals surface area contributed by atoms with Crippen LogP contribution in [0.3, 0.4) is 0 Å². The molecule has 9 heteroatoms. The average molecular weight is 379 g/mol. The Morgan fingerprint density at radius 1 is 1.23 bits per heavy atom. The van der Waals surface area contributed by atoms with E-state index in [1.165, 1.54) is 4.31 Å². The van der Waals surface area contributed by atoms with E-state index in [-0.39, 0.29) is 5.92 Å². The number of rotatable bonds is 6. The van der Waals surface area contributed by atoms with Gasteiger partial charge < -0.3 is 0 Å². The average Bonchev–Trinajstić information content (AvgIpc) is 3.11. The van der Waals surface area contributed by atoms with E-state index in [1.807, 2.05) is 17.7 Å². The van der Waals surface area contributed by atoms with Gasteiger partial charge in [0.1, 0.15) is 5.69 Å². The van der Waals surface area contributed by atoms with Crippen LogP contribution in [0.1, 0.15) is 25.5 Å². The Hall–Kier alpha value is -1.84. The second-order valence-corrected chi connectivity index (χ2v) is 8.89. The molecular formula is C17H26N6O2S. The number of aryl methyl sites for hydroxylation is 1. The minimum Gasteiger partial charge on any atom is -0.264 e. The predicted octanol–water partition coefficient (Wildman–Crippen LogP) is 1.42. The first-order chi connectivity index (χ1) is 12.4. The van der Waals surface area contributed by atoms with Crippen molar-refractivity contribution in [3.8, 4) is 11.4 Å². The number of hydrogen-bond acceptors (Lipinski definition) is 5. The van der Waals surface area contributed by atoms with Crippen LogP contribution in [0.15, 0.2) is 24.7 Å². The zero-order chi connectivity index (χ0) is 18.7. The topological polar surface area (TPSA) is 84.2 Å². The van der Waals surface area contributed by atoms with Crippen LogP contribution in [0.25, 0.3) is 11.4 Å². The van der Waals surface area contributed by atoms with Gasteiger partial charge in [-0.1, -0.05) is 0 Å². The van der Waals surface area contributed by atoms with E-state index in [2.05, 4.69) is 15.1 Å². The molecule has 3 rings (SSSR count). The molecule has 1 aliphatic rings. The van der Waals surface area contributed by atoms with Crippen molar-refractivity contribution in [2.24, 2.45) is 5.92 Å². The molecule has 0 unspecified atom stereocenters. The maximum Gasteiger partial charge on any atom is 0.281 e. The molecular weight excluding hydrogens is 352 g/mol. The Balaban J connectivity index is 1.82. The van der Waals surface area contributed by atoms with Crippen molar-refractivity contribution in [2.75, 3.05) is 27.2 Å². The van der Waals surface area contributed by atoms with Crippen LogP contribution in [0.5, 0.6) is 0 Å². The first-order valence-electron chi connectivity index (χ1n) is 8.93. The van der Waals surface area contributed by atoms with Crippen LogP contribution >= 0.6 is 0 Å². The van der Waals surface area contributed by atoms with Crippen molar-refractivity contribution in [1.29, 1.82) is 0 Å². The van der Waals surface area contributed by atoms with Gasteiger partial charge in [-0.25, -0.2) is 0 Å². The zero-order valence-electron chi connectivity index (χ0n) is 15.5. The second-order valence-electron chi connectivity index (χ2n) is 6.74. The predicted molar refractivity (Wildman–Crippen MR) is 99.5 cm³/mol. The van der Waals surface area contributed by atoms with E-state index >= 15 is 0 Å². The molecule has 1 saturated heterocycles. The molecule has 1 atom stereocenters. The van der Waals surface area contributed by atoms with Gasteiger partial charge in [0.25, 0.3) is 10.2 Å². The zero-order valence-corrected chi connectivity index (χ0v) is 16.4. The Morgan fingerprint density at radius 3 is 2.73 bits per heavy atom. The van der Waals surface area contributed by atoms with Crippen molar-refractivity contribution in [3.05, 3.63) is 30.4 Å². The molecule has 26 heavy (non-hydrogen) atoms. The lowest BCUT2D eigenvalue weighted by Gasteiger charge is -2.33. The maximum absolute atomic E-state index is 12.4. The first-order valence-corrected chi connectivity index (χ1v) is 10.3. The van der Waals surface area contributed by atoms with Crippen molar-refractivity contribution >= 4 is 10.2 Å². The molecule has 1 aliphatic heterocycles. The van der Waals surface area contributed by atoms with Gasteiger partial charge in [0.2, 0.25) is 0 Å². The lowest BCUT2D eigenvalue weighted by atomic mass is 9.93. The molecule has 0 amide bonds. The minimum absolute atomic E-state index is 0.229. The van der Waals surface area contributed by atoms with Crippen molar-refractivity contribution in [2.45, 2.75) is 32.7 Å². The monoisotopic (exact) mass is 378 g/mol. The lowest BCUT2D eigenvalue weighted by molar-refractivity contribution is 0.253. The van der Waals surface area contributed by atoms with Crippen LogP contribution in [-0.2, 0) is 23.2 Å². The summed E-state index contributed by atoms with van der Waals surface area (Å²) in [4.78, 5) is 9.07. The summed E-state index contributed by atoms with van der Waals surface area (Å²) < 4.78 is 29.6. The summed E-state index contributed by atoms with van der Waals surface area (Å²) in [7, 11) is -0.223. The molecule has 2 aromatic rings. The van der Waals surface area contributed by atoms with Crippen LogP contribution in [0.4, 0.5) is 0 Å². The molecule has 3 heterocycles.